The number of aryl methyl sites for hydroxylation is 2. The number of aromatic nitrogens is 1. The van der Waals surface area contributed by atoms with Crippen molar-refractivity contribution in [2.45, 2.75) is 17.7 Å². The molecule has 0 fully saturated rings. The molecular weight excluding hydrogens is 442 g/mol. The zero-order valence-corrected chi connectivity index (χ0v) is 17.7. The number of rotatable bonds is 6. The molecule has 1 aliphatic rings. The summed E-state index contributed by atoms with van der Waals surface area (Å²) in [6.45, 7) is 0. The first-order chi connectivity index (χ1) is 14.7. The van der Waals surface area contributed by atoms with Gasteiger partial charge in [-0.3, -0.25) is 0 Å². The molecule has 0 amide bonds. The van der Waals surface area contributed by atoms with E-state index in [0.717, 1.165) is 10.5 Å². The summed E-state index contributed by atoms with van der Waals surface area (Å²) in [5, 5.41) is 19.7. The van der Waals surface area contributed by atoms with Gasteiger partial charge in [0.2, 0.25) is 5.88 Å². The van der Waals surface area contributed by atoms with E-state index in [2.05, 4.69) is 0 Å². The lowest BCUT2D eigenvalue weighted by Gasteiger charge is -2.16. The SMILES string of the molecule is O=S1(=O)NC(O)=CN1c1ccc(CCc2cccn2S(=O)(=O)c2ccccc2)cc1O. The lowest BCUT2D eigenvalue weighted by molar-refractivity contribution is 0.392. The van der Waals surface area contributed by atoms with Crippen molar-refractivity contribution in [3.8, 4) is 5.75 Å². The summed E-state index contributed by atoms with van der Waals surface area (Å²) in [6.07, 6.45) is 3.23. The van der Waals surface area contributed by atoms with Gasteiger partial charge in [-0.25, -0.2) is 21.4 Å². The van der Waals surface area contributed by atoms with Gasteiger partial charge in [-0.1, -0.05) is 24.3 Å². The molecule has 0 saturated heterocycles. The molecule has 0 aliphatic carbocycles. The van der Waals surface area contributed by atoms with Crippen molar-refractivity contribution in [2.24, 2.45) is 0 Å². The van der Waals surface area contributed by atoms with Crippen LogP contribution in [0, 0.1) is 0 Å². The predicted octanol–water partition coefficient (Wildman–Crippen LogP) is 2.23. The van der Waals surface area contributed by atoms with E-state index in [9.17, 15) is 27.0 Å². The summed E-state index contributed by atoms with van der Waals surface area (Å²) in [4.78, 5) is 0.186. The maximum atomic E-state index is 12.9. The molecule has 31 heavy (non-hydrogen) atoms. The minimum Gasteiger partial charge on any atom is -0.506 e. The van der Waals surface area contributed by atoms with Crippen LogP contribution in [-0.4, -0.2) is 31.0 Å². The number of aliphatic hydroxyl groups is 1. The highest BCUT2D eigenvalue weighted by molar-refractivity contribution is 7.91. The number of aromatic hydroxyl groups is 1. The Morgan fingerprint density at radius 2 is 1.68 bits per heavy atom. The van der Waals surface area contributed by atoms with Crippen LogP contribution in [-0.2, 0) is 33.1 Å². The van der Waals surface area contributed by atoms with Gasteiger partial charge in [0.25, 0.3) is 10.0 Å². The molecular formula is C20H19N3O6S2. The molecule has 2 heterocycles. The second kappa shape index (κ2) is 7.67. The summed E-state index contributed by atoms with van der Waals surface area (Å²) in [5.74, 6) is -0.843. The fourth-order valence-electron chi connectivity index (χ4n) is 3.31. The zero-order chi connectivity index (χ0) is 22.2. The maximum absolute atomic E-state index is 12.9. The highest BCUT2D eigenvalue weighted by Gasteiger charge is 2.30. The minimum atomic E-state index is -4.01. The van der Waals surface area contributed by atoms with Crippen molar-refractivity contribution in [3.05, 3.63) is 90.2 Å². The van der Waals surface area contributed by atoms with E-state index in [1.807, 2.05) is 4.72 Å². The highest BCUT2D eigenvalue weighted by atomic mass is 32.2. The van der Waals surface area contributed by atoms with Crippen LogP contribution in [0.1, 0.15) is 11.3 Å². The predicted molar refractivity (Wildman–Crippen MR) is 114 cm³/mol. The molecule has 2 aromatic carbocycles. The monoisotopic (exact) mass is 461 g/mol. The highest BCUT2D eigenvalue weighted by Crippen LogP contribution is 2.32. The number of phenols is 1. The number of nitrogens with one attached hydrogen (secondary N) is 1. The number of anilines is 1. The Balaban J connectivity index is 1.54. The third-order valence-corrected chi connectivity index (χ3v) is 7.80. The van der Waals surface area contributed by atoms with Crippen molar-refractivity contribution in [2.75, 3.05) is 4.31 Å². The molecule has 4 rings (SSSR count). The van der Waals surface area contributed by atoms with Gasteiger partial charge < -0.3 is 10.2 Å². The Morgan fingerprint density at radius 3 is 2.32 bits per heavy atom. The first kappa shape index (κ1) is 20.8. The van der Waals surface area contributed by atoms with E-state index in [1.165, 1.54) is 34.4 Å². The topological polar surface area (TPSA) is 129 Å². The Hall–Kier alpha value is -3.44. The number of benzene rings is 2. The number of aliphatic hydroxyl groups excluding tert-OH is 1. The molecule has 9 nitrogen and oxygen atoms in total. The average Bonchev–Trinajstić information content (AvgIpc) is 3.31. The molecule has 0 radical (unpaired) electrons. The fraction of sp³-hybridized carbons (Fsp3) is 0.100. The van der Waals surface area contributed by atoms with Crippen molar-refractivity contribution in [1.29, 1.82) is 0 Å². The van der Waals surface area contributed by atoms with Crippen molar-refractivity contribution < 1.29 is 27.0 Å². The van der Waals surface area contributed by atoms with Crippen LogP contribution in [0.3, 0.4) is 0 Å². The van der Waals surface area contributed by atoms with Crippen LogP contribution < -0.4 is 9.03 Å². The normalized spacial score (nSPS) is 15.5. The van der Waals surface area contributed by atoms with Crippen molar-refractivity contribution >= 4 is 25.9 Å². The summed E-state index contributed by atoms with van der Waals surface area (Å²) < 4.78 is 53.6. The number of phenolic OH excluding ortho intramolecular Hbond substituents is 1. The Morgan fingerprint density at radius 1 is 0.935 bits per heavy atom. The van der Waals surface area contributed by atoms with E-state index >= 15 is 0 Å². The molecule has 1 aromatic heterocycles. The summed E-state index contributed by atoms with van der Waals surface area (Å²) in [5.41, 5.74) is 1.24. The molecule has 0 spiro atoms. The quantitative estimate of drug-likeness (QED) is 0.516. The van der Waals surface area contributed by atoms with Crippen molar-refractivity contribution in [1.82, 2.24) is 8.69 Å². The minimum absolute atomic E-state index is 0.0182. The second-order valence-corrected chi connectivity index (χ2v) is 10.2. The molecule has 3 N–H and O–H groups in total. The zero-order valence-electron chi connectivity index (χ0n) is 16.1. The molecule has 162 valence electrons. The van der Waals surface area contributed by atoms with Gasteiger partial charge in [0.05, 0.1) is 11.1 Å². The molecule has 0 unspecified atom stereocenters. The first-order valence-corrected chi connectivity index (χ1v) is 12.1. The standard InChI is InChI=1S/C20H19N3O6S2/c24-19-13-15(9-11-18(19)23-14-20(25)21-31(23,28)29)8-10-16-5-4-12-22(16)30(26,27)17-6-2-1-3-7-17/h1-7,9,11-14,21,24-25H,8,10H2. The van der Waals surface area contributed by atoms with Crippen LogP contribution in [0.5, 0.6) is 5.75 Å². The second-order valence-electron chi connectivity index (χ2n) is 6.85. The van der Waals surface area contributed by atoms with Gasteiger partial charge in [0.1, 0.15) is 11.4 Å². The molecule has 0 saturated carbocycles. The summed E-state index contributed by atoms with van der Waals surface area (Å²) in [6, 6.07) is 15.9. The number of hydrogen-bond acceptors (Lipinski definition) is 6. The van der Waals surface area contributed by atoms with Gasteiger partial charge in [0, 0.05) is 11.9 Å². The average molecular weight is 462 g/mol. The fourth-order valence-corrected chi connectivity index (χ4v) is 5.79. The van der Waals surface area contributed by atoms with Gasteiger partial charge in [-0.15, -0.1) is 0 Å². The van der Waals surface area contributed by atoms with Crippen LogP contribution in [0.2, 0.25) is 0 Å². The van der Waals surface area contributed by atoms with E-state index in [1.54, 1.807) is 36.4 Å². The van der Waals surface area contributed by atoms with E-state index < -0.39 is 26.1 Å². The lowest BCUT2D eigenvalue weighted by Crippen LogP contribution is -2.29. The lowest BCUT2D eigenvalue weighted by atomic mass is 10.1. The summed E-state index contributed by atoms with van der Waals surface area (Å²) >= 11 is 0. The number of nitrogens with zero attached hydrogens (tertiary/aromatic N) is 2. The van der Waals surface area contributed by atoms with E-state index in [0.29, 0.717) is 24.1 Å². The van der Waals surface area contributed by atoms with Crippen molar-refractivity contribution in [3.63, 3.8) is 0 Å². The van der Waals surface area contributed by atoms with Crippen LogP contribution in [0.15, 0.2) is 83.8 Å². The summed E-state index contributed by atoms with van der Waals surface area (Å²) in [7, 11) is -7.73. The number of hydrogen-bond donors (Lipinski definition) is 3. The maximum Gasteiger partial charge on any atom is 0.330 e. The molecule has 0 atom stereocenters. The smallest absolute Gasteiger partial charge is 0.330 e. The van der Waals surface area contributed by atoms with Gasteiger partial charge >= 0.3 is 10.2 Å². The molecule has 11 heteroatoms. The van der Waals surface area contributed by atoms with Crippen LogP contribution >= 0.6 is 0 Å². The van der Waals surface area contributed by atoms with E-state index in [-0.39, 0.29) is 16.3 Å². The third-order valence-electron chi connectivity index (χ3n) is 4.77. The van der Waals surface area contributed by atoms with Gasteiger partial charge in [-0.05, 0) is 54.8 Å². The molecule has 3 aromatic rings. The van der Waals surface area contributed by atoms with Crippen LogP contribution in [0.25, 0.3) is 0 Å². The Kier molecular flexibility index (Phi) is 5.15. The molecule has 1 aliphatic heterocycles. The van der Waals surface area contributed by atoms with Gasteiger partial charge in [0.15, 0.2) is 0 Å². The van der Waals surface area contributed by atoms with Gasteiger partial charge in [-0.2, -0.15) is 8.42 Å². The molecule has 0 bridgehead atoms. The van der Waals surface area contributed by atoms with Crippen LogP contribution in [0.4, 0.5) is 5.69 Å². The Bertz CT molecular complexity index is 1360. The van der Waals surface area contributed by atoms with E-state index in [4.69, 9.17) is 0 Å². The largest absolute Gasteiger partial charge is 0.506 e. The third kappa shape index (κ3) is 3.97. The Labute approximate surface area is 179 Å². The first-order valence-electron chi connectivity index (χ1n) is 9.20.